The zero-order valence-electron chi connectivity index (χ0n) is 26.1. The van der Waals surface area contributed by atoms with E-state index < -0.39 is 0 Å². The largest absolute Gasteiger partial charge is 0.347 e. The van der Waals surface area contributed by atoms with E-state index in [9.17, 15) is 0 Å². The molecule has 0 N–H and O–H groups in total. The molecule has 4 aromatic carbocycles. The molecule has 0 amide bonds. The summed E-state index contributed by atoms with van der Waals surface area (Å²) in [5.41, 5.74) is 10.7. The molecule has 2 nitrogen and oxygen atoms in total. The van der Waals surface area contributed by atoms with Crippen molar-refractivity contribution in [3.63, 3.8) is 0 Å². The number of anilines is 1. The van der Waals surface area contributed by atoms with Crippen LogP contribution in [0.25, 0.3) is 21.5 Å². The van der Waals surface area contributed by atoms with Crippen LogP contribution in [0.3, 0.4) is 0 Å². The van der Waals surface area contributed by atoms with Crippen molar-refractivity contribution in [1.82, 2.24) is 0 Å². The molecule has 0 fully saturated rings. The lowest BCUT2D eigenvalue weighted by molar-refractivity contribution is -0.401. The molecule has 4 aromatic rings. The van der Waals surface area contributed by atoms with Crippen LogP contribution in [0.4, 0.5) is 11.4 Å². The SMILES string of the molecule is CN1C(=CC=C2CCCC(C=CC3=[N+](C)c4ccc5ccccc5c4C3(C)C)=C2Br)C(C)(C)c2c1ccc1ccccc21. The van der Waals surface area contributed by atoms with Crippen molar-refractivity contribution in [2.75, 3.05) is 19.0 Å². The fourth-order valence-electron chi connectivity index (χ4n) is 7.95. The van der Waals surface area contributed by atoms with Crippen LogP contribution in [0, 0.1) is 0 Å². The highest BCUT2D eigenvalue weighted by atomic mass is 79.9. The van der Waals surface area contributed by atoms with Gasteiger partial charge in [-0.15, -0.1) is 0 Å². The Balaban J connectivity index is 1.22. The van der Waals surface area contributed by atoms with Gasteiger partial charge in [0, 0.05) is 46.0 Å². The number of benzene rings is 4. The monoisotopic (exact) mass is 627 g/mol. The van der Waals surface area contributed by atoms with Gasteiger partial charge in [-0.3, -0.25) is 0 Å². The second-order valence-electron chi connectivity index (χ2n) is 13.4. The molecule has 2 heterocycles. The maximum atomic E-state index is 4.04. The predicted molar refractivity (Wildman–Crippen MR) is 188 cm³/mol. The third-order valence-electron chi connectivity index (χ3n) is 10.1. The van der Waals surface area contributed by atoms with E-state index in [1.807, 2.05) is 0 Å². The Morgan fingerprint density at radius 3 is 2.12 bits per heavy atom. The summed E-state index contributed by atoms with van der Waals surface area (Å²) in [4.78, 5) is 2.39. The van der Waals surface area contributed by atoms with E-state index in [1.54, 1.807) is 0 Å². The number of hydrogen-bond donors (Lipinski definition) is 0. The Hall–Kier alpha value is -3.69. The molecule has 3 aliphatic rings. The zero-order valence-corrected chi connectivity index (χ0v) is 27.7. The number of nitrogens with zero attached hydrogens (tertiary/aromatic N) is 2. The maximum absolute atomic E-state index is 4.04. The van der Waals surface area contributed by atoms with E-state index in [1.165, 1.54) is 71.1 Å². The van der Waals surface area contributed by atoms with Gasteiger partial charge in [-0.1, -0.05) is 96.5 Å². The number of likely N-dealkylation sites (N-methyl/N-ethyl adjacent to an activating group) is 1. The van der Waals surface area contributed by atoms with E-state index >= 15 is 0 Å². The number of fused-ring (bicyclic) bond motifs is 6. The van der Waals surface area contributed by atoms with Gasteiger partial charge in [-0.2, -0.15) is 4.58 Å². The van der Waals surface area contributed by atoms with Crippen molar-refractivity contribution in [1.29, 1.82) is 0 Å². The second kappa shape index (κ2) is 10.2. The number of rotatable bonds is 3. The summed E-state index contributed by atoms with van der Waals surface area (Å²) >= 11 is 4.04. The van der Waals surface area contributed by atoms with E-state index in [4.69, 9.17) is 0 Å². The first-order valence-electron chi connectivity index (χ1n) is 15.5. The third kappa shape index (κ3) is 4.31. The van der Waals surface area contributed by atoms with Crippen LogP contribution in [0.5, 0.6) is 0 Å². The van der Waals surface area contributed by atoms with Gasteiger partial charge in [0.2, 0.25) is 5.69 Å². The molecule has 2 aliphatic heterocycles. The molecular formula is C40H40BrN2+. The van der Waals surface area contributed by atoms with Crippen molar-refractivity contribution in [3.05, 3.63) is 130 Å². The van der Waals surface area contributed by atoms with Crippen LogP contribution in [-0.4, -0.2) is 24.4 Å². The molecule has 0 radical (unpaired) electrons. The lowest BCUT2D eigenvalue weighted by Gasteiger charge is -2.25. The summed E-state index contributed by atoms with van der Waals surface area (Å²) in [6.07, 6.45) is 12.8. The summed E-state index contributed by atoms with van der Waals surface area (Å²) in [5, 5.41) is 5.32. The summed E-state index contributed by atoms with van der Waals surface area (Å²) in [7, 11) is 4.43. The van der Waals surface area contributed by atoms with Gasteiger partial charge < -0.3 is 4.90 Å². The second-order valence-corrected chi connectivity index (χ2v) is 14.2. The molecule has 0 unspecified atom stereocenters. The van der Waals surface area contributed by atoms with E-state index in [2.05, 4.69) is 164 Å². The van der Waals surface area contributed by atoms with Gasteiger partial charge in [0.1, 0.15) is 7.05 Å². The zero-order chi connectivity index (χ0) is 30.1. The van der Waals surface area contributed by atoms with Crippen LogP contribution in [0.2, 0.25) is 0 Å². The molecule has 0 saturated carbocycles. The molecular weight excluding hydrogens is 588 g/mol. The van der Waals surface area contributed by atoms with Crippen molar-refractivity contribution >= 4 is 54.6 Å². The molecule has 0 aromatic heterocycles. The molecule has 0 saturated heterocycles. The van der Waals surface area contributed by atoms with Gasteiger partial charge in [-0.05, 0) is 89.6 Å². The Bertz CT molecular complexity index is 1980. The van der Waals surface area contributed by atoms with Crippen molar-refractivity contribution in [2.45, 2.75) is 57.8 Å². The van der Waals surface area contributed by atoms with Crippen LogP contribution in [-0.2, 0) is 10.8 Å². The smallest absolute Gasteiger partial charge is 0.210 e. The van der Waals surface area contributed by atoms with Gasteiger partial charge in [0.15, 0.2) is 5.71 Å². The van der Waals surface area contributed by atoms with E-state index in [0.29, 0.717) is 0 Å². The molecule has 0 atom stereocenters. The Kier molecular flexibility index (Phi) is 6.67. The lowest BCUT2D eigenvalue weighted by atomic mass is 9.79. The molecule has 0 spiro atoms. The third-order valence-corrected chi connectivity index (χ3v) is 11.1. The van der Waals surface area contributed by atoms with Crippen LogP contribution < -0.4 is 4.90 Å². The minimum atomic E-state index is -0.0793. The number of halogens is 1. The predicted octanol–water partition coefficient (Wildman–Crippen LogP) is 10.6. The molecule has 216 valence electrons. The topological polar surface area (TPSA) is 6.25 Å². The average molecular weight is 629 g/mol. The van der Waals surface area contributed by atoms with Crippen molar-refractivity contribution in [3.8, 4) is 0 Å². The number of hydrogen-bond acceptors (Lipinski definition) is 1. The Labute approximate surface area is 264 Å². The first-order chi connectivity index (χ1) is 20.6. The molecule has 1 aliphatic carbocycles. The normalized spacial score (nSPS) is 21.2. The van der Waals surface area contributed by atoms with E-state index in [-0.39, 0.29) is 10.8 Å². The van der Waals surface area contributed by atoms with E-state index in [0.717, 1.165) is 19.3 Å². The van der Waals surface area contributed by atoms with Gasteiger partial charge >= 0.3 is 0 Å². The lowest BCUT2D eigenvalue weighted by Crippen LogP contribution is -2.27. The number of allylic oxidation sites excluding steroid dienone is 8. The first kappa shape index (κ1) is 28.1. The van der Waals surface area contributed by atoms with Gasteiger partial charge in [-0.25, -0.2) is 0 Å². The highest BCUT2D eigenvalue weighted by Crippen LogP contribution is 2.50. The summed E-state index contributed by atoms with van der Waals surface area (Å²) in [6, 6.07) is 26.6. The first-order valence-corrected chi connectivity index (χ1v) is 16.3. The Morgan fingerprint density at radius 1 is 0.744 bits per heavy atom. The Morgan fingerprint density at radius 2 is 1.40 bits per heavy atom. The van der Waals surface area contributed by atoms with Gasteiger partial charge in [0.25, 0.3) is 0 Å². The van der Waals surface area contributed by atoms with Crippen molar-refractivity contribution in [2.24, 2.45) is 0 Å². The molecule has 0 bridgehead atoms. The summed E-state index contributed by atoms with van der Waals surface area (Å²) in [6.45, 7) is 9.46. The van der Waals surface area contributed by atoms with Crippen LogP contribution in [0.15, 0.2) is 118 Å². The van der Waals surface area contributed by atoms with Crippen LogP contribution >= 0.6 is 15.9 Å². The standard InChI is InChI=1S/C40H40BrN2/c1-39(2)34(42(5)32-22-18-26-12-7-9-16-30(26)36(32)39)24-20-28-14-11-15-29(38(28)41)21-25-35-40(3,4)37-31-17-10-8-13-27(31)19-23-33(37)43(35)6/h7-10,12-13,16-25H,11,14-15H2,1-6H3/q+1. The minimum absolute atomic E-state index is 0.0793. The molecule has 3 heteroatoms. The molecule has 7 rings (SSSR count). The maximum Gasteiger partial charge on any atom is 0.210 e. The fourth-order valence-corrected chi connectivity index (χ4v) is 8.62. The van der Waals surface area contributed by atoms with Gasteiger partial charge in [0.05, 0.1) is 5.41 Å². The highest BCUT2D eigenvalue weighted by molar-refractivity contribution is 9.12. The van der Waals surface area contributed by atoms with Crippen LogP contribution in [0.1, 0.15) is 58.1 Å². The summed E-state index contributed by atoms with van der Waals surface area (Å²) in [5.74, 6) is 0. The quantitative estimate of drug-likeness (QED) is 0.205. The van der Waals surface area contributed by atoms with Crippen molar-refractivity contribution < 1.29 is 4.58 Å². The summed E-state index contributed by atoms with van der Waals surface area (Å²) < 4.78 is 3.63. The fraction of sp³-hybridized carbons (Fsp3) is 0.275. The average Bonchev–Trinajstić information content (AvgIpc) is 3.33. The molecule has 43 heavy (non-hydrogen) atoms. The minimum Gasteiger partial charge on any atom is -0.347 e. The highest BCUT2D eigenvalue weighted by Gasteiger charge is 2.44.